The number of fused-ring (bicyclic) bond motifs is 1. The molecule has 3 aromatic carbocycles. The van der Waals surface area contributed by atoms with E-state index in [4.69, 9.17) is 9.47 Å². The average molecular weight is 310 g/mol. The summed E-state index contributed by atoms with van der Waals surface area (Å²) in [6, 6.07) is 15.5. The largest absolute Gasteiger partial charge is 0.504 e. The summed E-state index contributed by atoms with van der Waals surface area (Å²) in [5.41, 5.74) is 2.02. The summed E-state index contributed by atoms with van der Waals surface area (Å²) in [5, 5.41) is 22.2. The second-order valence-electron chi connectivity index (χ2n) is 5.27. The minimum atomic E-state index is -0.0351. The van der Waals surface area contributed by atoms with Crippen LogP contribution in [0, 0.1) is 0 Å². The third-order valence-corrected chi connectivity index (χ3v) is 3.92. The molecule has 0 aliphatic carbocycles. The lowest BCUT2D eigenvalue weighted by Crippen LogP contribution is -1.96. The highest BCUT2D eigenvalue weighted by atomic mass is 16.5. The third-order valence-electron chi connectivity index (χ3n) is 3.92. The number of aromatic hydroxyl groups is 2. The molecule has 0 radical (unpaired) electrons. The first kappa shape index (κ1) is 15.0. The molecule has 4 nitrogen and oxygen atoms in total. The van der Waals surface area contributed by atoms with Gasteiger partial charge < -0.3 is 19.7 Å². The summed E-state index contributed by atoms with van der Waals surface area (Å²) in [4.78, 5) is 0. The lowest BCUT2D eigenvalue weighted by molar-refractivity contribution is 0.320. The topological polar surface area (TPSA) is 58.9 Å². The Morgan fingerprint density at radius 2 is 1.43 bits per heavy atom. The second kappa shape index (κ2) is 6.08. The first-order valence-corrected chi connectivity index (χ1v) is 7.28. The van der Waals surface area contributed by atoms with Crippen molar-refractivity contribution in [3.63, 3.8) is 0 Å². The van der Waals surface area contributed by atoms with Crippen LogP contribution in [-0.4, -0.2) is 24.4 Å². The molecule has 0 saturated carbocycles. The van der Waals surface area contributed by atoms with E-state index >= 15 is 0 Å². The molecule has 0 aliphatic heterocycles. The average Bonchev–Trinajstić information content (AvgIpc) is 2.58. The SMILES string of the molecule is COc1c(OC)c(O)c2c(Cc3ccccc3)cccc2c1O. The second-order valence-corrected chi connectivity index (χ2v) is 5.27. The van der Waals surface area contributed by atoms with Gasteiger partial charge in [0.2, 0.25) is 11.5 Å². The molecule has 0 fully saturated rings. The van der Waals surface area contributed by atoms with Crippen molar-refractivity contribution in [2.24, 2.45) is 0 Å². The van der Waals surface area contributed by atoms with Gasteiger partial charge in [-0.05, 0) is 17.5 Å². The van der Waals surface area contributed by atoms with Crippen molar-refractivity contribution in [1.29, 1.82) is 0 Å². The fourth-order valence-corrected chi connectivity index (χ4v) is 2.87. The van der Waals surface area contributed by atoms with Crippen molar-refractivity contribution in [3.05, 3.63) is 59.7 Å². The molecule has 4 heteroatoms. The standard InChI is InChI=1S/C19H18O4/c1-22-18-16(20)14-10-6-9-13(11-12-7-4-3-5-8-12)15(14)17(21)19(18)23-2/h3-10,20-21H,11H2,1-2H3. The van der Waals surface area contributed by atoms with Gasteiger partial charge in [0.1, 0.15) is 0 Å². The number of phenolic OH excluding ortho intramolecular Hbond substituents is 2. The van der Waals surface area contributed by atoms with Crippen LogP contribution in [0.15, 0.2) is 48.5 Å². The van der Waals surface area contributed by atoms with E-state index in [-0.39, 0.29) is 23.0 Å². The molecule has 0 bridgehead atoms. The summed E-state index contributed by atoms with van der Waals surface area (Å²) in [7, 11) is 2.86. The van der Waals surface area contributed by atoms with Gasteiger partial charge in [-0.2, -0.15) is 0 Å². The first-order chi connectivity index (χ1) is 11.2. The Kier molecular flexibility index (Phi) is 3.98. The van der Waals surface area contributed by atoms with Gasteiger partial charge in [0.15, 0.2) is 11.5 Å². The van der Waals surface area contributed by atoms with Crippen molar-refractivity contribution in [1.82, 2.24) is 0 Å². The molecule has 0 heterocycles. The zero-order valence-corrected chi connectivity index (χ0v) is 13.0. The molecule has 0 amide bonds. The zero-order chi connectivity index (χ0) is 16.4. The number of hydrogen-bond donors (Lipinski definition) is 2. The normalized spacial score (nSPS) is 10.7. The molecule has 2 N–H and O–H groups in total. The highest BCUT2D eigenvalue weighted by Crippen LogP contribution is 2.50. The number of rotatable bonds is 4. The Bertz CT molecular complexity index is 841. The van der Waals surface area contributed by atoms with E-state index in [2.05, 4.69) is 0 Å². The Morgan fingerprint density at radius 3 is 2.09 bits per heavy atom. The van der Waals surface area contributed by atoms with Crippen LogP contribution in [-0.2, 0) is 6.42 Å². The van der Waals surface area contributed by atoms with Gasteiger partial charge in [-0.3, -0.25) is 0 Å². The minimum Gasteiger partial charge on any atom is -0.504 e. The van der Waals surface area contributed by atoms with E-state index in [0.29, 0.717) is 17.2 Å². The Balaban J connectivity index is 2.26. The van der Waals surface area contributed by atoms with E-state index in [1.54, 1.807) is 6.07 Å². The predicted octanol–water partition coefficient (Wildman–Crippen LogP) is 3.86. The molecule has 0 aliphatic rings. The molecule has 0 aromatic heterocycles. The van der Waals surface area contributed by atoms with Gasteiger partial charge in [-0.25, -0.2) is 0 Å². The molecule has 0 atom stereocenters. The van der Waals surface area contributed by atoms with Crippen LogP contribution >= 0.6 is 0 Å². The van der Waals surface area contributed by atoms with Crippen molar-refractivity contribution in [2.45, 2.75) is 6.42 Å². The van der Waals surface area contributed by atoms with E-state index < -0.39 is 0 Å². The lowest BCUT2D eigenvalue weighted by Gasteiger charge is -2.16. The molecule has 0 unspecified atom stereocenters. The van der Waals surface area contributed by atoms with Gasteiger partial charge in [0.05, 0.1) is 14.2 Å². The maximum absolute atomic E-state index is 10.6. The van der Waals surface area contributed by atoms with Crippen molar-refractivity contribution >= 4 is 10.8 Å². The van der Waals surface area contributed by atoms with E-state index in [0.717, 1.165) is 11.1 Å². The Labute approximate surface area is 134 Å². The summed E-state index contributed by atoms with van der Waals surface area (Å²) in [5.74, 6) is 0.211. The molecular weight excluding hydrogens is 292 g/mol. The van der Waals surface area contributed by atoms with Crippen molar-refractivity contribution in [3.8, 4) is 23.0 Å². The quantitative estimate of drug-likeness (QED) is 0.718. The van der Waals surface area contributed by atoms with E-state index in [1.165, 1.54) is 14.2 Å². The summed E-state index contributed by atoms with van der Waals surface area (Å²) in [6.07, 6.45) is 0.640. The van der Waals surface area contributed by atoms with E-state index in [1.807, 2.05) is 42.5 Å². The molecule has 3 aromatic rings. The van der Waals surface area contributed by atoms with Crippen LogP contribution in [0.2, 0.25) is 0 Å². The minimum absolute atomic E-state index is 0.0244. The highest BCUT2D eigenvalue weighted by molar-refractivity contribution is 6.00. The van der Waals surface area contributed by atoms with Gasteiger partial charge >= 0.3 is 0 Å². The lowest BCUT2D eigenvalue weighted by atomic mass is 9.96. The monoisotopic (exact) mass is 310 g/mol. The van der Waals surface area contributed by atoms with Crippen molar-refractivity contribution in [2.75, 3.05) is 14.2 Å². The van der Waals surface area contributed by atoms with Crippen LogP contribution in [0.25, 0.3) is 10.8 Å². The molecule has 0 saturated heterocycles. The molecule has 118 valence electrons. The van der Waals surface area contributed by atoms with Crippen LogP contribution in [0.3, 0.4) is 0 Å². The Morgan fingerprint density at radius 1 is 0.783 bits per heavy atom. The van der Waals surface area contributed by atoms with Crippen LogP contribution < -0.4 is 9.47 Å². The smallest absolute Gasteiger partial charge is 0.207 e. The molecule has 0 spiro atoms. The fourth-order valence-electron chi connectivity index (χ4n) is 2.87. The Hall–Kier alpha value is -2.88. The van der Waals surface area contributed by atoms with Crippen LogP contribution in [0.5, 0.6) is 23.0 Å². The highest BCUT2D eigenvalue weighted by Gasteiger charge is 2.22. The van der Waals surface area contributed by atoms with Gasteiger partial charge in [0.25, 0.3) is 0 Å². The predicted molar refractivity (Wildman–Crippen MR) is 89.6 cm³/mol. The number of methoxy groups -OCH3 is 2. The molecule has 3 rings (SSSR count). The summed E-state index contributed by atoms with van der Waals surface area (Å²) < 4.78 is 10.4. The first-order valence-electron chi connectivity index (χ1n) is 7.28. The van der Waals surface area contributed by atoms with E-state index in [9.17, 15) is 10.2 Å². The van der Waals surface area contributed by atoms with Gasteiger partial charge in [0, 0.05) is 10.8 Å². The number of hydrogen-bond acceptors (Lipinski definition) is 4. The molecule has 23 heavy (non-hydrogen) atoms. The summed E-state index contributed by atoms with van der Waals surface area (Å²) in [6.45, 7) is 0. The van der Waals surface area contributed by atoms with Crippen LogP contribution in [0.1, 0.15) is 11.1 Å². The zero-order valence-electron chi connectivity index (χ0n) is 13.0. The van der Waals surface area contributed by atoms with Gasteiger partial charge in [-0.1, -0.05) is 48.5 Å². The van der Waals surface area contributed by atoms with Gasteiger partial charge in [-0.15, -0.1) is 0 Å². The third kappa shape index (κ3) is 2.52. The number of benzene rings is 3. The van der Waals surface area contributed by atoms with Crippen LogP contribution in [0.4, 0.5) is 0 Å². The number of ether oxygens (including phenoxy) is 2. The summed E-state index contributed by atoms with van der Waals surface area (Å²) >= 11 is 0. The fraction of sp³-hybridized carbons (Fsp3) is 0.158. The molecular formula is C19H18O4. The van der Waals surface area contributed by atoms with Crippen molar-refractivity contribution < 1.29 is 19.7 Å². The maximum Gasteiger partial charge on any atom is 0.207 e. The number of phenols is 2. The maximum atomic E-state index is 10.6.